The average Bonchev–Trinajstić information content (AvgIpc) is 2.57. The number of hydrogen-bond acceptors (Lipinski definition) is 3. The van der Waals surface area contributed by atoms with Gasteiger partial charge in [0.1, 0.15) is 5.82 Å². The van der Waals surface area contributed by atoms with E-state index in [0.29, 0.717) is 5.39 Å². The van der Waals surface area contributed by atoms with Crippen molar-refractivity contribution in [3.05, 3.63) is 69.8 Å². The number of hydrogen-bond donors (Lipinski definition) is 1. The van der Waals surface area contributed by atoms with E-state index in [1.54, 1.807) is 4.57 Å². The summed E-state index contributed by atoms with van der Waals surface area (Å²) in [6.45, 7) is 6.13. The molecule has 1 aromatic heterocycles. The van der Waals surface area contributed by atoms with E-state index in [0.717, 1.165) is 22.6 Å². The highest BCUT2D eigenvalue weighted by atomic mass is 16.1. The molecular formula is C19H21N3O. The van der Waals surface area contributed by atoms with Crippen LogP contribution in [0.2, 0.25) is 0 Å². The number of para-hydroxylation sites is 1. The maximum absolute atomic E-state index is 13.1. The predicted octanol–water partition coefficient (Wildman–Crippen LogP) is 3.28. The second-order valence-corrected chi connectivity index (χ2v) is 5.91. The van der Waals surface area contributed by atoms with Crippen molar-refractivity contribution in [2.24, 2.45) is 0 Å². The third-order valence-electron chi connectivity index (χ3n) is 4.37. The first-order valence-electron chi connectivity index (χ1n) is 7.79. The minimum atomic E-state index is -0.0334. The van der Waals surface area contributed by atoms with Crippen molar-refractivity contribution < 1.29 is 0 Å². The Bertz CT molecular complexity index is 928. The van der Waals surface area contributed by atoms with Gasteiger partial charge in [-0.15, -0.1) is 0 Å². The maximum Gasteiger partial charge on any atom is 0.266 e. The molecule has 23 heavy (non-hydrogen) atoms. The number of aryl methyl sites for hydroxylation is 2. The van der Waals surface area contributed by atoms with Crippen LogP contribution in [0.5, 0.6) is 0 Å². The van der Waals surface area contributed by atoms with Gasteiger partial charge in [0.2, 0.25) is 0 Å². The summed E-state index contributed by atoms with van der Waals surface area (Å²) < 4.78 is 1.72. The topological polar surface area (TPSA) is 46.9 Å². The molecule has 0 aliphatic rings. The van der Waals surface area contributed by atoms with Crippen molar-refractivity contribution in [3.8, 4) is 5.69 Å². The number of fused-ring (bicyclic) bond motifs is 1. The van der Waals surface area contributed by atoms with Crippen LogP contribution in [0.15, 0.2) is 47.3 Å². The molecule has 4 heteroatoms. The molecule has 0 fully saturated rings. The molecule has 1 atom stereocenters. The Morgan fingerprint density at radius 2 is 1.83 bits per heavy atom. The molecule has 3 aromatic rings. The van der Waals surface area contributed by atoms with Gasteiger partial charge in [0.05, 0.1) is 22.6 Å². The third-order valence-corrected chi connectivity index (χ3v) is 4.37. The van der Waals surface area contributed by atoms with Gasteiger partial charge in [0.15, 0.2) is 0 Å². The standard InChI is InChI=1S/C19H21N3O/c1-12-9-10-15(11-13(12)2)22-18(14(3)20-4)21-17-8-6-5-7-16(17)19(22)23/h5-11,14,20H,1-4H3. The molecule has 0 amide bonds. The summed E-state index contributed by atoms with van der Waals surface area (Å²) in [5.74, 6) is 0.722. The molecule has 0 aliphatic carbocycles. The van der Waals surface area contributed by atoms with Crippen LogP contribution in [0.1, 0.15) is 29.9 Å². The van der Waals surface area contributed by atoms with Gasteiger partial charge in [-0.2, -0.15) is 0 Å². The van der Waals surface area contributed by atoms with E-state index >= 15 is 0 Å². The van der Waals surface area contributed by atoms with Gasteiger partial charge >= 0.3 is 0 Å². The summed E-state index contributed by atoms with van der Waals surface area (Å²) in [6.07, 6.45) is 0. The number of aromatic nitrogens is 2. The lowest BCUT2D eigenvalue weighted by molar-refractivity contribution is 0.589. The molecule has 1 unspecified atom stereocenters. The van der Waals surface area contributed by atoms with Gasteiger partial charge in [-0.1, -0.05) is 18.2 Å². The third kappa shape index (κ3) is 2.66. The first-order valence-corrected chi connectivity index (χ1v) is 7.79. The first kappa shape index (κ1) is 15.4. The second-order valence-electron chi connectivity index (χ2n) is 5.91. The Hall–Kier alpha value is -2.46. The zero-order valence-corrected chi connectivity index (χ0v) is 13.9. The maximum atomic E-state index is 13.1. The first-order chi connectivity index (χ1) is 11.0. The molecule has 4 nitrogen and oxygen atoms in total. The zero-order valence-electron chi connectivity index (χ0n) is 13.9. The monoisotopic (exact) mass is 307 g/mol. The van der Waals surface area contributed by atoms with E-state index in [1.807, 2.05) is 56.4 Å². The number of nitrogens with one attached hydrogen (secondary N) is 1. The van der Waals surface area contributed by atoms with Gasteiger partial charge in [0.25, 0.3) is 5.56 Å². The molecule has 1 N–H and O–H groups in total. The minimum absolute atomic E-state index is 0.0315. The van der Waals surface area contributed by atoms with Gasteiger partial charge in [-0.05, 0) is 63.2 Å². The van der Waals surface area contributed by atoms with Crippen LogP contribution in [0.4, 0.5) is 0 Å². The van der Waals surface area contributed by atoms with E-state index in [4.69, 9.17) is 4.98 Å². The van der Waals surface area contributed by atoms with E-state index < -0.39 is 0 Å². The number of rotatable bonds is 3. The van der Waals surface area contributed by atoms with E-state index in [9.17, 15) is 4.79 Å². The molecule has 0 saturated heterocycles. The molecule has 0 aliphatic heterocycles. The van der Waals surface area contributed by atoms with Crippen molar-refractivity contribution in [2.45, 2.75) is 26.8 Å². The van der Waals surface area contributed by atoms with Crippen LogP contribution in [0.25, 0.3) is 16.6 Å². The van der Waals surface area contributed by atoms with Gasteiger partial charge in [-0.3, -0.25) is 9.36 Å². The molecule has 0 bridgehead atoms. The van der Waals surface area contributed by atoms with Crippen molar-refractivity contribution in [3.63, 3.8) is 0 Å². The van der Waals surface area contributed by atoms with Crippen LogP contribution in [0.3, 0.4) is 0 Å². The predicted molar refractivity (Wildman–Crippen MR) is 94.3 cm³/mol. The Kier molecular flexibility index (Phi) is 4.01. The molecule has 0 spiro atoms. The number of nitrogens with zero attached hydrogens (tertiary/aromatic N) is 2. The van der Waals surface area contributed by atoms with E-state index in [1.165, 1.54) is 5.56 Å². The fourth-order valence-electron chi connectivity index (χ4n) is 2.68. The SMILES string of the molecule is CNC(C)c1nc2ccccc2c(=O)n1-c1ccc(C)c(C)c1. The fourth-order valence-corrected chi connectivity index (χ4v) is 2.68. The van der Waals surface area contributed by atoms with Crippen LogP contribution < -0.4 is 10.9 Å². The lowest BCUT2D eigenvalue weighted by Gasteiger charge is -2.18. The molecule has 2 aromatic carbocycles. The van der Waals surface area contributed by atoms with E-state index in [-0.39, 0.29) is 11.6 Å². The summed E-state index contributed by atoms with van der Waals surface area (Å²) in [7, 11) is 1.87. The van der Waals surface area contributed by atoms with Crippen molar-refractivity contribution in [1.82, 2.24) is 14.9 Å². The largest absolute Gasteiger partial charge is 0.311 e. The highest BCUT2D eigenvalue weighted by molar-refractivity contribution is 5.77. The van der Waals surface area contributed by atoms with Crippen LogP contribution in [-0.2, 0) is 0 Å². The van der Waals surface area contributed by atoms with Gasteiger partial charge in [0, 0.05) is 0 Å². The molecule has 1 heterocycles. The summed E-state index contributed by atoms with van der Waals surface area (Å²) in [5.41, 5.74) is 3.92. The van der Waals surface area contributed by atoms with Crippen molar-refractivity contribution in [1.29, 1.82) is 0 Å². The minimum Gasteiger partial charge on any atom is -0.311 e. The normalized spacial score (nSPS) is 12.5. The lowest BCUT2D eigenvalue weighted by Crippen LogP contribution is -2.28. The fraction of sp³-hybridized carbons (Fsp3) is 0.263. The van der Waals surface area contributed by atoms with Crippen LogP contribution in [-0.4, -0.2) is 16.6 Å². The summed E-state index contributed by atoms with van der Waals surface area (Å²) >= 11 is 0. The molecule has 3 rings (SSSR count). The van der Waals surface area contributed by atoms with Crippen LogP contribution in [0, 0.1) is 13.8 Å². The summed E-state index contributed by atoms with van der Waals surface area (Å²) in [4.78, 5) is 17.8. The Labute approximate surface area is 135 Å². The molecule has 0 radical (unpaired) electrons. The lowest BCUT2D eigenvalue weighted by atomic mass is 10.1. The van der Waals surface area contributed by atoms with E-state index in [2.05, 4.69) is 19.2 Å². The van der Waals surface area contributed by atoms with Crippen LogP contribution >= 0.6 is 0 Å². The number of benzene rings is 2. The van der Waals surface area contributed by atoms with Crippen molar-refractivity contribution in [2.75, 3.05) is 7.05 Å². The highest BCUT2D eigenvalue weighted by Crippen LogP contribution is 2.19. The molecule has 118 valence electrons. The average molecular weight is 307 g/mol. The zero-order chi connectivity index (χ0) is 16.6. The summed E-state index contributed by atoms with van der Waals surface area (Å²) in [5, 5.41) is 3.82. The Balaban J connectivity index is 2.39. The Morgan fingerprint density at radius 3 is 2.52 bits per heavy atom. The quantitative estimate of drug-likeness (QED) is 0.808. The molecular weight excluding hydrogens is 286 g/mol. The highest BCUT2D eigenvalue weighted by Gasteiger charge is 2.16. The van der Waals surface area contributed by atoms with Crippen molar-refractivity contribution >= 4 is 10.9 Å². The second kappa shape index (κ2) is 5.97. The summed E-state index contributed by atoms with van der Waals surface area (Å²) in [6, 6.07) is 13.5. The molecule has 0 saturated carbocycles. The smallest absolute Gasteiger partial charge is 0.266 e. The van der Waals surface area contributed by atoms with Gasteiger partial charge < -0.3 is 5.32 Å². The van der Waals surface area contributed by atoms with Gasteiger partial charge in [-0.25, -0.2) is 4.98 Å². The Morgan fingerprint density at radius 1 is 1.09 bits per heavy atom.